The van der Waals surface area contributed by atoms with Crippen molar-refractivity contribution in [2.45, 2.75) is 30.3 Å². The predicted octanol–water partition coefficient (Wildman–Crippen LogP) is 1.35. The number of nitrogens with zero attached hydrogens (tertiary/aromatic N) is 1. The summed E-state index contributed by atoms with van der Waals surface area (Å²) in [6, 6.07) is 5.40. The number of hydrogen-bond acceptors (Lipinski definition) is 4. The first-order valence-electron chi connectivity index (χ1n) is 6.10. The van der Waals surface area contributed by atoms with Gasteiger partial charge in [0.15, 0.2) is 0 Å². The van der Waals surface area contributed by atoms with Gasteiger partial charge in [0, 0.05) is 31.7 Å². The van der Waals surface area contributed by atoms with Crippen LogP contribution in [0, 0.1) is 0 Å². The van der Waals surface area contributed by atoms with Gasteiger partial charge in [-0.3, -0.25) is 0 Å². The van der Waals surface area contributed by atoms with Gasteiger partial charge < -0.3 is 5.32 Å². The summed E-state index contributed by atoms with van der Waals surface area (Å²) in [5.74, 6) is 0. The van der Waals surface area contributed by atoms with E-state index in [1.807, 2.05) is 0 Å². The second-order valence-corrected chi connectivity index (χ2v) is 6.97. The number of nitrogens with one attached hydrogen (secondary N) is 2. The predicted molar refractivity (Wildman–Crippen MR) is 75.3 cm³/mol. The van der Waals surface area contributed by atoms with Crippen molar-refractivity contribution >= 4 is 21.6 Å². The van der Waals surface area contributed by atoms with Crippen molar-refractivity contribution in [3.8, 4) is 0 Å². The number of hydrazine groups is 1. The molecule has 0 bridgehead atoms. The zero-order valence-electron chi connectivity index (χ0n) is 11.0. The smallest absolute Gasteiger partial charge is 0.253 e. The first kappa shape index (κ1) is 14.7. The van der Waals surface area contributed by atoms with Gasteiger partial charge in [-0.15, -0.1) is 4.83 Å². The number of hydrogen-bond donors (Lipinski definition) is 2. The van der Waals surface area contributed by atoms with Gasteiger partial charge in [0.05, 0.1) is 4.90 Å². The van der Waals surface area contributed by atoms with E-state index < -0.39 is 10.0 Å². The molecule has 0 unspecified atom stereocenters. The number of benzene rings is 1. The molecule has 0 saturated heterocycles. The topological polar surface area (TPSA) is 61.4 Å². The van der Waals surface area contributed by atoms with Gasteiger partial charge in [0.25, 0.3) is 10.0 Å². The van der Waals surface area contributed by atoms with Gasteiger partial charge in [-0.2, -0.15) is 0 Å². The van der Waals surface area contributed by atoms with Gasteiger partial charge in [-0.25, -0.2) is 13.4 Å². The van der Waals surface area contributed by atoms with E-state index in [0.717, 1.165) is 5.56 Å². The monoisotopic (exact) mass is 303 g/mol. The largest absolute Gasteiger partial charge is 0.310 e. The van der Waals surface area contributed by atoms with Gasteiger partial charge in [-0.1, -0.05) is 17.7 Å². The molecule has 0 heterocycles. The highest BCUT2D eigenvalue weighted by atomic mass is 35.5. The standard InChI is InChI=1S/C12H18ClN3O2S/c1-16(2)15-19(17,18)11-6-3-9(12(13)7-11)8-14-10-4-5-10/h3,6-7,10,14-15H,4-5,8H2,1-2H3. The summed E-state index contributed by atoms with van der Waals surface area (Å²) in [6.45, 7) is 0.672. The van der Waals surface area contributed by atoms with Crippen LogP contribution in [-0.4, -0.2) is 33.6 Å². The lowest BCUT2D eigenvalue weighted by molar-refractivity contribution is 0.364. The number of sulfonamides is 1. The van der Waals surface area contributed by atoms with Crippen molar-refractivity contribution in [2.75, 3.05) is 14.1 Å². The lowest BCUT2D eigenvalue weighted by atomic mass is 10.2. The molecule has 1 fully saturated rings. The van der Waals surface area contributed by atoms with Crippen LogP contribution in [0.2, 0.25) is 5.02 Å². The van der Waals surface area contributed by atoms with Crippen LogP contribution in [0.15, 0.2) is 23.1 Å². The molecule has 5 nitrogen and oxygen atoms in total. The van der Waals surface area contributed by atoms with Crippen LogP contribution in [0.5, 0.6) is 0 Å². The lowest BCUT2D eigenvalue weighted by Gasteiger charge is -2.13. The van der Waals surface area contributed by atoms with Crippen LogP contribution in [0.1, 0.15) is 18.4 Å². The van der Waals surface area contributed by atoms with E-state index in [1.54, 1.807) is 26.2 Å². The average Bonchev–Trinajstić information content (AvgIpc) is 3.09. The van der Waals surface area contributed by atoms with Crippen LogP contribution in [0.4, 0.5) is 0 Å². The van der Waals surface area contributed by atoms with E-state index >= 15 is 0 Å². The van der Waals surface area contributed by atoms with Crippen molar-refractivity contribution in [1.29, 1.82) is 0 Å². The Morgan fingerprint density at radius 2 is 2.05 bits per heavy atom. The van der Waals surface area contributed by atoms with Crippen LogP contribution in [0.3, 0.4) is 0 Å². The molecule has 1 saturated carbocycles. The molecule has 1 aliphatic carbocycles. The van der Waals surface area contributed by atoms with Gasteiger partial charge >= 0.3 is 0 Å². The normalized spacial score (nSPS) is 16.0. The Balaban J connectivity index is 2.12. The molecule has 2 rings (SSSR count). The second kappa shape index (κ2) is 5.76. The molecule has 0 aliphatic heterocycles. The number of halogens is 1. The zero-order chi connectivity index (χ0) is 14.0. The van der Waals surface area contributed by atoms with Crippen molar-refractivity contribution in [2.24, 2.45) is 0 Å². The van der Waals surface area contributed by atoms with Crippen molar-refractivity contribution < 1.29 is 8.42 Å². The van der Waals surface area contributed by atoms with Crippen LogP contribution >= 0.6 is 11.6 Å². The van der Waals surface area contributed by atoms with E-state index in [0.29, 0.717) is 17.6 Å². The zero-order valence-corrected chi connectivity index (χ0v) is 12.6. The highest BCUT2D eigenvalue weighted by Gasteiger charge is 2.21. The Kier molecular flexibility index (Phi) is 4.47. The Bertz CT molecular complexity index is 556. The fourth-order valence-electron chi connectivity index (χ4n) is 1.67. The lowest BCUT2D eigenvalue weighted by Crippen LogP contribution is -2.36. The minimum atomic E-state index is -3.55. The fraction of sp³-hybridized carbons (Fsp3) is 0.500. The van der Waals surface area contributed by atoms with Crippen LogP contribution < -0.4 is 10.1 Å². The minimum Gasteiger partial charge on any atom is -0.310 e. The fourth-order valence-corrected chi connectivity index (χ4v) is 3.09. The Hall–Kier alpha value is -0.660. The molecule has 0 spiro atoms. The molecule has 1 aliphatic rings. The van der Waals surface area contributed by atoms with Gasteiger partial charge in [-0.05, 0) is 30.5 Å². The summed E-state index contributed by atoms with van der Waals surface area (Å²) in [7, 11) is -0.310. The Labute approximate surface area is 119 Å². The Morgan fingerprint density at radius 3 is 2.58 bits per heavy atom. The summed E-state index contributed by atoms with van der Waals surface area (Å²) >= 11 is 6.13. The molecule has 1 aromatic carbocycles. The molecule has 106 valence electrons. The molecule has 2 N–H and O–H groups in total. The minimum absolute atomic E-state index is 0.168. The Morgan fingerprint density at radius 1 is 1.37 bits per heavy atom. The van der Waals surface area contributed by atoms with E-state index in [2.05, 4.69) is 10.1 Å². The molecule has 19 heavy (non-hydrogen) atoms. The molecule has 0 amide bonds. The third-order valence-corrected chi connectivity index (χ3v) is 4.63. The SMILES string of the molecule is CN(C)NS(=O)(=O)c1ccc(CNC2CC2)c(Cl)c1. The van der Waals surface area contributed by atoms with E-state index in [4.69, 9.17) is 11.6 Å². The maximum atomic E-state index is 12.0. The molecule has 7 heteroatoms. The van der Waals surface area contributed by atoms with E-state index in [-0.39, 0.29) is 4.90 Å². The van der Waals surface area contributed by atoms with Crippen LogP contribution in [-0.2, 0) is 16.6 Å². The second-order valence-electron chi connectivity index (χ2n) is 4.90. The maximum absolute atomic E-state index is 12.0. The van der Waals surface area contributed by atoms with Crippen LogP contribution in [0.25, 0.3) is 0 Å². The molecule has 0 atom stereocenters. The summed E-state index contributed by atoms with van der Waals surface area (Å²) in [4.78, 5) is 2.54. The van der Waals surface area contributed by atoms with Crippen molar-refractivity contribution in [3.63, 3.8) is 0 Å². The molecule has 0 aromatic heterocycles. The highest BCUT2D eigenvalue weighted by Crippen LogP contribution is 2.23. The quantitative estimate of drug-likeness (QED) is 0.779. The molecular weight excluding hydrogens is 286 g/mol. The summed E-state index contributed by atoms with van der Waals surface area (Å²) in [5.41, 5.74) is 0.914. The maximum Gasteiger partial charge on any atom is 0.253 e. The molecule has 1 aromatic rings. The summed E-state index contributed by atoms with van der Waals surface area (Å²) < 4.78 is 23.9. The molecule has 0 radical (unpaired) electrons. The van der Waals surface area contributed by atoms with Crippen molar-refractivity contribution in [3.05, 3.63) is 28.8 Å². The third kappa shape index (κ3) is 4.15. The molecular formula is C12H18ClN3O2S. The first-order chi connectivity index (χ1) is 8.88. The summed E-state index contributed by atoms with van der Waals surface area (Å²) in [6.07, 6.45) is 2.41. The van der Waals surface area contributed by atoms with E-state index in [1.165, 1.54) is 23.9 Å². The highest BCUT2D eigenvalue weighted by molar-refractivity contribution is 7.89. The van der Waals surface area contributed by atoms with Gasteiger partial charge in [0.1, 0.15) is 0 Å². The van der Waals surface area contributed by atoms with E-state index in [9.17, 15) is 8.42 Å². The third-order valence-electron chi connectivity index (χ3n) is 2.80. The average molecular weight is 304 g/mol. The summed E-state index contributed by atoms with van der Waals surface area (Å²) in [5, 5.41) is 5.19. The first-order valence-corrected chi connectivity index (χ1v) is 7.96. The number of rotatable bonds is 6. The van der Waals surface area contributed by atoms with Gasteiger partial charge in [0.2, 0.25) is 0 Å². The van der Waals surface area contributed by atoms with Crippen molar-refractivity contribution in [1.82, 2.24) is 15.2 Å².